The van der Waals surface area contributed by atoms with Gasteiger partial charge < -0.3 is 4.42 Å². The van der Waals surface area contributed by atoms with Gasteiger partial charge in [-0.1, -0.05) is 0 Å². The maximum atomic E-state index is 10.9. The summed E-state index contributed by atoms with van der Waals surface area (Å²) < 4.78 is 4.54. The smallest absolute Gasteiger partial charge is 0.408 e. The van der Waals surface area contributed by atoms with Gasteiger partial charge >= 0.3 is 5.76 Å². The number of aromatic nitrogens is 1. The summed E-state index contributed by atoms with van der Waals surface area (Å²) in [5.74, 6) is -0.519. The van der Waals surface area contributed by atoms with Crippen LogP contribution in [0, 0.1) is 0 Å². The van der Waals surface area contributed by atoms with Crippen LogP contribution in [0.25, 0.3) is 11.1 Å². The summed E-state index contributed by atoms with van der Waals surface area (Å²) in [5.41, 5.74) is 1.45. The molecule has 0 radical (unpaired) electrons. The number of carbonyl (C=O) groups is 1. The molecule has 5 heteroatoms. The minimum absolute atomic E-state index is 0.226. The molecule has 0 unspecified atom stereocenters. The molecule has 0 saturated carbocycles. The van der Waals surface area contributed by atoms with E-state index in [0.717, 1.165) is 0 Å². The Hall–Kier alpha value is -1.36. The second-order valence-corrected chi connectivity index (χ2v) is 3.22. The van der Waals surface area contributed by atoms with Gasteiger partial charge in [-0.25, -0.2) is 4.79 Å². The Labute approximate surface area is 80.7 Å². The molecule has 0 aliphatic rings. The zero-order valence-electron chi connectivity index (χ0n) is 6.33. The van der Waals surface area contributed by atoms with E-state index in [1.165, 1.54) is 0 Å². The Kier molecular flexibility index (Phi) is 1.81. The monoisotopic (exact) mass is 241 g/mol. The van der Waals surface area contributed by atoms with Crippen molar-refractivity contribution >= 4 is 31.7 Å². The molecule has 1 N–H and O–H groups in total. The van der Waals surface area contributed by atoms with Crippen molar-refractivity contribution in [3.8, 4) is 0 Å². The third-order valence-corrected chi connectivity index (χ3v) is 2.10. The number of H-pyrrole nitrogens is 1. The number of rotatable bonds is 1. The van der Waals surface area contributed by atoms with Crippen LogP contribution < -0.4 is 5.76 Å². The predicted octanol–water partition coefficient (Wildman–Crippen LogP) is 1.66. The number of carbonyl (C=O) groups excluding carboxylic acids is 1. The first-order chi connectivity index (χ1) is 6.16. The standard InChI is InChI=1S/C8H4BrNO3/c9-7(11)4-1-2-6-5(3-4)10-8(12)13-6/h1-3H,(H,10,12). The highest BCUT2D eigenvalue weighted by Gasteiger charge is 2.05. The maximum absolute atomic E-state index is 10.9. The van der Waals surface area contributed by atoms with Crippen molar-refractivity contribution in [2.45, 2.75) is 0 Å². The predicted molar refractivity (Wildman–Crippen MR) is 50.1 cm³/mol. The van der Waals surface area contributed by atoms with Gasteiger partial charge in [0.05, 0.1) is 5.52 Å². The number of benzene rings is 1. The lowest BCUT2D eigenvalue weighted by molar-refractivity contribution is 0.109. The van der Waals surface area contributed by atoms with Crippen molar-refractivity contribution in [3.05, 3.63) is 34.3 Å². The van der Waals surface area contributed by atoms with Gasteiger partial charge in [0.15, 0.2) is 5.58 Å². The van der Waals surface area contributed by atoms with Crippen molar-refractivity contribution in [2.24, 2.45) is 0 Å². The van der Waals surface area contributed by atoms with Crippen molar-refractivity contribution in [3.63, 3.8) is 0 Å². The summed E-state index contributed by atoms with van der Waals surface area (Å²) in [4.78, 5) is 24.1. The van der Waals surface area contributed by atoms with E-state index in [4.69, 9.17) is 4.42 Å². The van der Waals surface area contributed by atoms with Crippen LogP contribution in [0.5, 0.6) is 0 Å². The highest BCUT2D eigenvalue weighted by atomic mass is 79.9. The average molecular weight is 242 g/mol. The number of nitrogens with one attached hydrogen (secondary N) is 1. The highest BCUT2D eigenvalue weighted by molar-refractivity contribution is 9.18. The molecule has 0 aliphatic carbocycles. The van der Waals surface area contributed by atoms with Gasteiger partial charge in [-0.2, -0.15) is 0 Å². The molecule has 1 aromatic carbocycles. The van der Waals surface area contributed by atoms with E-state index in [2.05, 4.69) is 20.9 Å². The lowest BCUT2D eigenvalue weighted by Gasteiger charge is -1.91. The fraction of sp³-hybridized carbons (Fsp3) is 0. The van der Waals surface area contributed by atoms with Crippen LogP contribution in [0.4, 0.5) is 0 Å². The summed E-state index contributed by atoms with van der Waals surface area (Å²) in [7, 11) is 0. The maximum Gasteiger partial charge on any atom is 0.417 e. The number of halogens is 1. The van der Waals surface area contributed by atoms with E-state index in [9.17, 15) is 9.59 Å². The normalized spacial score (nSPS) is 10.5. The van der Waals surface area contributed by atoms with Crippen LogP contribution in [0.15, 0.2) is 27.4 Å². The Balaban J connectivity index is 2.74. The van der Waals surface area contributed by atoms with Crippen LogP contribution in [-0.4, -0.2) is 9.68 Å². The highest BCUT2D eigenvalue weighted by Crippen LogP contribution is 2.14. The second-order valence-electron chi connectivity index (χ2n) is 2.50. The topological polar surface area (TPSA) is 63.1 Å². The zero-order valence-corrected chi connectivity index (χ0v) is 7.92. The summed E-state index contributed by atoms with van der Waals surface area (Å²) in [6, 6.07) is 4.70. The molecule has 0 bridgehead atoms. The fourth-order valence-electron chi connectivity index (χ4n) is 1.07. The number of hydrogen-bond donors (Lipinski definition) is 1. The first kappa shape index (κ1) is 8.25. The van der Waals surface area contributed by atoms with Crippen molar-refractivity contribution < 1.29 is 9.21 Å². The van der Waals surface area contributed by atoms with E-state index in [1.807, 2.05) is 0 Å². The lowest BCUT2D eigenvalue weighted by atomic mass is 10.2. The van der Waals surface area contributed by atoms with Gasteiger partial charge in [-0.05, 0) is 34.1 Å². The van der Waals surface area contributed by atoms with E-state index in [0.29, 0.717) is 16.7 Å². The first-order valence-electron chi connectivity index (χ1n) is 3.49. The Morgan fingerprint density at radius 1 is 1.46 bits per heavy atom. The molecule has 2 rings (SSSR count). The van der Waals surface area contributed by atoms with Gasteiger partial charge in [0.2, 0.25) is 4.69 Å². The van der Waals surface area contributed by atoms with E-state index < -0.39 is 5.76 Å². The summed E-state index contributed by atoms with van der Waals surface area (Å²) in [5, 5.41) is 0. The number of fused-ring (bicyclic) bond motifs is 1. The summed E-state index contributed by atoms with van der Waals surface area (Å²) >= 11 is 2.81. The van der Waals surface area contributed by atoms with Gasteiger partial charge in [0.1, 0.15) is 0 Å². The van der Waals surface area contributed by atoms with Crippen LogP contribution in [0.2, 0.25) is 0 Å². The molecular weight excluding hydrogens is 238 g/mol. The fourth-order valence-corrected chi connectivity index (χ4v) is 1.32. The molecular formula is C8H4BrNO3. The zero-order chi connectivity index (χ0) is 9.42. The van der Waals surface area contributed by atoms with E-state index in [-0.39, 0.29) is 4.69 Å². The molecule has 2 aromatic rings. The molecule has 1 heterocycles. The largest absolute Gasteiger partial charge is 0.417 e. The van der Waals surface area contributed by atoms with Crippen molar-refractivity contribution in [2.75, 3.05) is 0 Å². The minimum Gasteiger partial charge on any atom is -0.408 e. The van der Waals surface area contributed by atoms with Gasteiger partial charge in [0, 0.05) is 5.56 Å². The van der Waals surface area contributed by atoms with E-state index >= 15 is 0 Å². The second kappa shape index (κ2) is 2.85. The first-order valence-corrected chi connectivity index (χ1v) is 4.29. The molecule has 4 nitrogen and oxygen atoms in total. The molecule has 0 amide bonds. The van der Waals surface area contributed by atoms with Crippen LogP contribution in [0.1, 0.15) is 10.4 Å². The minimum atomic E-state index is -0.519. The van der Waals surface area contributed by atoms with Crippen molar-refractivity contribution in [1.82, 2.24) is 4.98 Å². The third-order valence-electron chi connectivity index (χ3n) is 1.65. The summed E-state index contributed by atoms with van der Waals surface area (Å²) in [6.07, 6.45) is 0. The molecule has 66 valence electrons. The SMILES string of the molecule is O=C(Br)c1ccc2oc(=O)[nH]c2c1. The van der Waals surface area contributed by atoms with E-state index in [1.54, 1.807) is 18.2 Å². The Morgan fingerprint density at radius 3 is 2.92 bits per heavy atom. The van der Waals surface area contributed by atoms with Gasteiger partial charge in [0.25, 0.3) is 0 Å². The Bertz CT molecular complexity index is 525. The molecule has 0 atom stereocenters. The van der Waals surface area contributed by atoms with Crippen LogP contribution in [-0.2, 0) is 0 Å². The lowest BCUT2D eigenvalue weighted by Crippen LogP contribution is -1.93. The molecule has 13 heavy (non-hydrogen) atoms. The molecule has 0 aliphatic heterocycles. The average Bonchev–Trinajstić information content (AvgIpc) is 2.42. The number of aromatic amines is 1. The number of hydrogen-bond acceptors (Lipinski definition) is 3. The molecule has 0 saturated heterocycles. The van der Waals surface area contributed by atoms with Crippen LogP contribution in [0.3, 0.4) is 0 Å². The Morgan fingerprint density at radius 2 is 2.23 bits per heavy atom. The molecule has 1 aromatic heterocycles. The number of oxazole rings is 1. The quantitative estimate of drug-likeness (QED) is 0.773. The molecule has 0 spiro atoms. The summed E-state index contributed by atoms with van der Waals surface area (Å²) in [6.45, 7) is 0. The third kappa shape index (κ3) is 1.42. The molecule has 0 fully saturated rings. The van der Waals surface area contributed by atoms with Gasteiger partial charge in [-0.15, -0.1) is 0 Å². The van der Waals surface area contributed by atoms with Crippen LogP contribution >= 0.6 is 15.9 Å². The van der Waals surface area contributed by atoms with Gasteiger partial charge in [-0.3, -0.25) is 9.78 Å². The van der Waals surface area contributed by atoms with Crippen molar-refractivity contribution in [1.29, 1.82) is 0 Å².